The maximum absolute atomic E-state index is 14.1. The summed E-state index contributed by atoms with van der Waals surface area (Å²) < 4.78 is 14.1. The van der Waals surface area contributed by atoms with Crippen molar-refractivity contribution in [3.05, 3.63) is 0 Å². The third kappa shape index (κ3) is 1.78. The Morgan fingerprint density at radius 1 is 1.09 bits per heavy atom. The lowest BCUT2D eigenvalue weighted by molar-refractivity contribution is -0.163. The van der Waals surface area contributed by atoms with E-state index in [1.54, 1.807) is 0 Å². The summed E-state index contributed by atoms with van der Waals surface area (Å²) in [6.45, 7) is 4.39. The standard InChI is InChI=1S/C19H29FO2/c1-18-7-4-3-5-11(18)9-15(21)16-12(18)6-8-19(2)13(16)10-14(20)17(19)22/h11-16,21H,3-10H2,1-2H3/t11-,12+,13+,14?,15+,16-,18+,19+/m1/s1. The lowest BCUT2D eigenvalue weighted by atomic mass is 9.44. The van der Waals surface area contributed by atoms with Crippen molar-refractivity contribution in [3.63, 3.8) is 0 Å². The van der Waals surface area contributed by atoms with Crippen LogP contribution < -0.4 is 0 Å². The average Bonchev–Trinajstić information content (AvgIpc) is 2.71. The highest BCUT2D eigenvalue weighted by molar-refractivity contribution is 5.91. The first-order chi connectivity index (χ1) is 10.4. The van der Waals surface area contributed by atoms with Crippen molar-refractivity contribution >= 4 is 5.78 Å². The molecule has 0 aromatic rings. The van der Waals surface area contributed by atoms with E-state index in [9.17, 15) is 14.3 Å². The molecule has 8 atom stereocenters. The molecule has 1 unspecified atom stereocenters. The van der Waals surface area contributed by atoms with Gasteiger partial charge in [-0.25, -0.2) is 4.39 Å². The van der Waals surface area contributed by atoms with E-state index < -0.39 is 11.6 Å². The first kappa shape index (κ1) is 15.1. The number of alkyl halides is 1. The molecule has 22 heavy (non-hydrogen) atoms. The number of Topliss-reactive ketones (excluding diaryl/α,β-unsaturated/α-hetero) is 1. The number of hydrogen-bond donors (Lipinski definition) is 1. The maximum atomic E-state index is 14.1. The van der Waals surface area contributed by atoms with Crippen LogP contribution in [0.2, 0.25) is 0 Å². The van der Waals surface area contributed by atoms with E-state index in [1.807, 2.05) is 6.92 Å². The fourth-order valence-corrected chi connectivity index (χ4v) is 7.01. The second-order valence-corrected chi connectivity index (χ2v) is 9.07. The van der Waals surface area contributed by atoms with Gasteiger partial charge in [0.25, 0.3) is 0 Å². The van der Waals surface area contributed by atoms with Gasteiger partial charge >= 0.3 is 0 Å². The third-order valence-corrected chi connectivity index (χ3v) is 8.30. The number of fused-ring (bicyclic) bond motifs is 5. The molecule has 4 aliphatic carbocycles. The zero-order valence-corrected chi connectivity index (χ0v) is 13.9. The quantitative estimate of drug-likeness (QED) is 0.737. The van der Waals surface area contributed by atoms with Crippen molar-refractivity contribution < 1.29 is 14.3 Å². The van der Waals surface area contributed by atoms with Crippen LogP contribution in [-0.2, 0) is 4.79 Å². The van der Waals surface area contributed by atoms with Crippen LogP contribution in [0.1, 0.15) is 65.2 Å². The Hall–Kier alpha value is -0.440. The predicted molar refractivity (Wildman–Crippen MR) is 83.0 cm³/mol. The Balaban J connectivity index is 1.71. The number of aliphatic hydroxyl groups excluding tert-OH is 1. The van der Waals surface area contributed by atoms with Crippen LogP contribution in [0, 0.1) is 34.5 Å². The predicted octanol–water partition coefficient (Wildman–Crippen LogP) is 3.91. The molecular weight excluding hydrogens is 279 g/mol. The van der Waals surface area contributed by atoms with Gasteiger partial charge in [0.2, 0.25) is 0 Å². The molecule has 4 fully saturated rings. The van der Waals surface area contributed by atoms with Gasteiger partial charge in [0.1, 0.15) is 0 Å². The zero-order chi connectivity index (χ0) is 15.7. The van der Waals surface area contributed by atoms with Crippen molar-refractivity contribution in [2.75, 3.05) is 0 Å². The SMILES string of the molecule is C[C@]12CCCC[C@@H]1C[C@H](O)[C@@H]1[C@@H]2CC[C@]2(C)C(=O)C(F)C[C@@H]12. The van der Waals surface area contributed by atoms with Crippen LogP contribution in [0.25, 0.3) is 0 Å². The molecule has 2 nitrogen and oxygen atoms in total. The monoisotopic (exact) mass is 308 g/mol. The first-order valence-electron chi connectivity index (χ1n) is 9.24. The van der Waals surface area contributed by atoms with Crippen LogP contribution >= 0.6 is 0 Å². The van der Waals surface area contributed by atoms with Crippen molar-refractivity contribution in [1.82, 2.24) is 0 Å². The molecule has 0 bridgehead atoms. The molecule has 124 valence electrons. The smallest absolute Gasteiger partial charge is 0.173 e. The largest absolute Gasteiger partial charge is 0.393 e. The van der Waals surface area contributed by atoms with Crippen molar-refractivity contribution in [2.45, 2.75) is 77.5 Å². The third-order valence-electron chi connectivity index (χ3n) is 8.30. The number of ketones is 1. The van der Waals surface area contributed by atoms with Gasteiger partial charge in [0.15, 0.2) is 12.0 Å². The lowest BCUT2D eigenvalue weighted by Crippen LogP contribution is -2.57. The zero-order valence-electron chi connectivity index (χ0n) is 13.9. The molecule has 0 spiro atoms. The summed E-state index contributed by atoms with van der Waals surface area (Å²) in [5.74, 6) is 1.13. The normalized spacial score (nSPS) is 57.9. The van der Waals surface area contributed by atoms with Gasteiger partial charge in [0, 0.05) is 5.41 Å². The van der Waals surface area contributed by atoms with Crippen molar-refractivity contribution in [2.24, 2.45) is 34.5 Å². The topological polar surface area (TPSA) is 37.3 Å². The van der Waals surface area contributed by atoms with Crippen LogP contribution in [0.4, 0.5) is 4.39 Å². The van der Waals surface area contributed by atoms with Gasteiger partial charge in [-0.3, -0.25) is 4.79 Å². The van der Waals surface area contributed by atoms with Crippen LogP contribution in [0.15, 0.2) is 0 Å². The minimum Gasteiger partial charge on any atom is -0.393 e. The van der Waals surface area contributed by atoms with E-state index in [-0.39, 0.29) is 23.7 Å². The van der Waals surface area contributed by atoms with E-state index in [4.69, 9.17) is 0 Å². The summed E-state index contributed by atoms with van der Waals surface area (Å²) in [6.07, 6.45) is 6.50. The van der Waals surface area contributed by atoms with Gasteiger partial charge in [-0.15, -0.1) is 0 Å². The number of carbonyl (C=O) groups excluding carboxylic acids is 1. The summed E-state index contributed by atoms with van der Waals surface area (Å²) in [5, 5.41) is 10.9. The minimum absolute atomic E-state index is 0.0588. The average molecular weight is 308 g/mol. The second kappa shape index (κ2) is 4.78. The molecule has 1 N–H and O–H groups in total. The molecule has 4 aliphatic rings. The summed E-state index contributed by atoms with van der Waals surface area (Å²) in [6, 6.07) is 0. The van der Waals surface area contributed by atoms with Gasteiger partial charge in [-0.1, -0.05) is 26.7 Å². The summed E-state index contributed by atoms with van der Waals surface area (Å²) in [5.41, 5.74) is -0.208. The number of rotatable bonds is 0. The molecular formula is C19H29FO2. The number of carbonyl (C=O) groups is 1. The van der Waals surface area contributed by atoms with Crippen LogP contribution in [0.5, 0.6) is 0 Å². The molecule has 4 saturated carbocycles. The molecule has 4 rings (SSSR count). The fraction of sp³-hybridized carbons (Fsp3) is 0.947. The Morgan fingerprint density at radius 3 is 2.64 bits per heavy atom. The number of hydrogen-bond acceptors (Lipinski definition) is 2. The highest BCUT2D eigenvalue weighted by Gasteiger charge is 2.64. The van der Waals surface area contributed by atoms with Gasteiger partial charge in [-0.05, 0) is 67.6 Å². The Bertz CT molecular complexity index is 492. The Kier molecular flexibility index (Phi) is 3.28. The summed E-state index contributed by atoms with van der Waals surface area (Å²) in [7, 11) is 0. The molecule has 0 saturated heterocycles. The lowest BCUT2D eigenvalue weighted by Gasteiger charge is -2.60. The molecule has 0 amide bonds. The van der Waals surface area contributed by atoms with Crippen molar-refractivity contribution in [3.8, 4) is 0 Å². The Morgan fingerprint density at radius 2 is 1.86 bits per heavy atom. The van der Waals surface area contributed by atoms with E-state index in [0.717, 1.165) is 19.3 Å². The Labute approximate surface area is 132 Å². The van der Waals surface area contributed by atoms with E-state index >= 15 is 0 Å². The van der Waals surface area contributed by atoms with Crippen molar-refractivity contribution in [1.29, 1.82) is 0 Å². The van der Waals surface area contributed by atoms with E-state index in [1.165, 1.54) is 25.7 Å². The molecule has 0 heterocycles. The van der Waals surface area contributed by atoms with Gasteiger partial charge in [0.05, 0.1) is 6.10 Å². The maximum Gasteiger partial charge on any atom is 0.173 e. The summed E-state index contributed by atoms with van der Waals surface area (Å²) >= 11 is 0. The highest BCUT2D eigenvalue weighted by atomic mass is 19.1. The van der Waals surface area contributed by atoms with Gasteiger partial charge < -0.3 is 5.11 Å². The van der Waals surface area contributed by atoms with Crippen LogP contribution in [0.3, 0.4) is 0 Å². The second-order valence-electron chi connectivity index (χ2n) is 9.07. The molecule has 0 aliphatic heterocycles. The molecule has 0 radical (unpaired) electrons. The van der Waals surface area contributed by atoms with Gasteiger partial charge in [-0.2, -0.15) is 0 Å². The van der Waals surface area contributed by atoms with E-state index in [0.29, 0.717) is 23.7 Å². The number of halogens is 1. The summed E-state index contributed by atoms with van der Waals surface area (Å²) in [4.78, 5) is 12.3. The number of aliphatic hydroxyl groups is 1. The van der Waals surface area contributed by atoms with Crippen LogP contribution in [-0.4, -0.2) is 23.2 Å². The minimum atomic E-state index is -1.29. The molecule has 0 aromatic heterocycles. The molecule has 0 aromatic carbocycles. The van der Waals surface area contributed by atoms with E-state index in [2.05, 4.69) is 6.92 Å². The fourth-order valence-electron chi connectivity index (χ4n) is 7.01. The highest BCUT2D eigenvalue weighted by Crippen LogP contribution is 2.65. The molecule has 3 heteroatoms. The first-order valence-corrected chi connectivity index (χ1v) is 9.24.